The summed E-state index contributed by atoms with van der Waals surface area (Å²) < 4.78 is 4.97. The number of amides is 2. The zero-order valence-corrected chi connectivity index (χ0v) is 20.2. The maximum atomic E-state index is 12.5. The van der Waals surface area contributed by atoms with Gasteiger partial charge in [-0.2, -0.15) is 0 Å². The molecule has 1 unspecified atom stereocenters. The summed E-state index contributed by atoms with van der Waals surface area (Å²) in [6.07, 6.45) is 12.1. The number of unbranched alkanes of at least 4 members (excludes halogenated alkanes) is 6. The summed E-state index contributed by atoms with van der Waals surface area (Å²) in [5, 5.41) is 8.67. The van der Waals surface area contributed by atoms with Crippen LogP contribution in [0.4, 0.5) is 0 Å². The summed E-state index contributed by atoms with van der Waals surface area (Å²) in [6.45, 7) is 4.49. The molecule has 0 spiro atoms. The van der Waals surface area contributed by atoms with Crippen LogP contribution in [0.15, 0.2) is 12.2 Å². The molecule has 0 heterocycles. The van der Waals surface area contributed by atoms with Crippen LogP contribution in [0.25, 0.3) is 0 Å². The molecule has 0 rings (SSSR count). The molecule has 184 valence electrons. The van der Waals surface area contributed by atoms with Crippen molar-refractivity contribution in [3.8, 4) is 0 Å². The lowest BCUT2D eigenvalue weighted by Crippen LogP contribution is -2.47. The van der Waals surface area contributed by atoms with Crippen molar-refractivity contribution in [2.24, 2.45) is 0 Å². The first-order valence-electron chi connectivity index (χ1n) is 11.9. The second kappa shape index (κ2) is 20.7. The molecule has 0 radical (unpaired) electrons. The Bertz CT molecular complexity index is 578. The average Bonchev–Trinajstić information content (AvgIpc) is 2.75. The summed E-state index contributed by atoms with van der Waals surface area (Å²) >= 11 is 0. The van der Waals surface area contributed by atoms with Crippen LogP contribution in [0.3, 0.4) is 0 Å². The predicted octanol–water partition coefficient (Wildman–Crippen LogP) is 2.81. The highest BCUT2D eigenvalue weighted by Crippen LogP contribution is 2.09. The normalized spacial score (nSPS) is 11.8. The molecule has 3 N–H and O–H groups in total. The van der Waals surface area contributed by atoms with Crippen LogP contribution in [0.1, 0.15) is 84.5 Å². The molecule has 0 aliphatic heterocycles. The first kappa shape index (κ1) is 29.8. The molecule has 0 aromatic heterocycles. The summed E-state index contributed by atoms with van der Waals surface area (Å²) in [5.74, 6) is -0.580. The van der Waals surface area contributed by atoms with Crippen molar-refractivity contribution >= 4 is 23.6 Å². The largest absolute Gasteiger partial charge is 0.461 e. The Morgan fingerprint density at radius 2 is 1.53 bits per heavy atom. The third kappa shape index (κ3) is 18.5. The number of hydrogen-bond donors (Lipinski definition) is 3. The van der Waals surface area contributed by atoms with Gasteiger partial charge in [0, 0.05) is 18.9 Å². The van der Waals surface area contributed by atoms with Crippen LogP contribution in [-0.2, 0) is 23.9 Å². The van der Waals surface area contributed by atoms with Crippen molar-refractivity contribution in [3.63, 3.8) is 0 Å². The van der Waals surface area contributed by atoms with Gasteiger partial charge in [-0.3, -0.25) is 9.59 Å². The van der Waals surface area contributed by atoms with Crippen LogP contribution in [-0.4, -0.2) is 56.4 Å². The molecule has 0 fully saturated rings. The minimum absolute atomic E-state index is 0.0851. The molecule has 8 heteroatoms. The number of ether oxygens (including phenoxy) is 1. The molecule has 32 heavy (non-hydrogen) atoms. The topological polar surface area (TPSA) is 114 Å². The van der Waals surface area contributed by atoms with Crippen molar-refractivity contribution in [1.29, 1.82) is 0 Å². The zero-order valence-electron chi connectivity index (χ0n) is 20.2. The third-order valence-electron chi connectivity index (χ3n) is 4.95. The summed E-state index contributed by atoms with van der Waals surface area (Å²) in [7, 11) is 1.88. The van der Waals surface area contributed by atoms with Gasteiger partial charge < -0.3 is 25.5 Å². The number of allylic oxidation sites excluding steroid dienone is 1. The minimum Gasteiger partial charge on any atom is -0.461 e. The second-order valence-electron chi connectivity index (χ2n) is 8.00. The van der Waals surface area contributed by atoms with E-state index in [1.807, 2.05) is 7.05 Å². The van der Waals surface area contributed by atoms with Gasteiger partial charge in [0.05, 0.1) is 6.54 Å². The number of Topliss-reactive ketones (excluding diaryl/α,β-unsaturated/α-hetero) is 1. The number of nitrogens with one attached hydrogen (secondary N) is 3. The van der Waals surface area contributed by atoms with Crippen molar-refractivity contribution in [1.82, 2.24) is 16.0 Å². The van der Waals surface area contributed by atoms with Gasteiger partial charge in [0.2, 0.25) is 11.8 Å². The first-order chi connectivity index (χ1) is 15.4. The molecule has 0 saturated heterocycles. The lowest BCUT2D eigenvalue weighted by Gasteiger charge is -2.18. The van der Waals surface area contributed by atoms with Gasteiger partial charge in [0.25, 0.3) is 0 Å². The highest BCUT2D eigenvalue weighted by molar-refractivity contribution is 5.87. The minimum atomic E-state index is -0.586. The Labute approximate surface area is 193 Å². The van der Waals surface area contributed by atoms with E-state index in [2.05, 4.69) is 16.0 Å². The number of rotatable bonds is 20. The van der Waals surface area contributed by atoms with E-state index in [0.717, 1.165) is 57.9 Å². The molecule has 1 atom stereocenters. The molecule has 0 aromatic rings. The maximum Gasteiger partial charge on any atom is 0.330 e. The van der Waals surface area contributed by atoms with Crippen molar-refractivity contribution in [2.45, 2.75) is 90.5 Å². The smallest absolute Gasteiger partial charge is 0.330 e. The molecular formula is C24H43N3O5. The van der Waals surface area contributed by atoms with Crippen LogP contribution >= 0.6 is 0 Å². The van der Waals surface area contributed by atoms with E-state index in [1.165, 1.54) is 6.08 Å². The van der Waals surface area contributed by atoms with Gasteiger partial charge in [0.15, 0.2) is 0 Å². The summed E-state index contributed by atoms with van der Waals surface area (Å²) in [4.78, 5) is 47.1. The lowest BCUT2D eigenvalue weighted by atomic mass is 10.1. The second-order valence-corrected chi connectivity index (χ2v) is 8.00. The summed E-state index contributed by atoms with van der Waals surface area (Å²) in [6, 6.07) is -0.586. The zero-order chi connectivity index (χ0) is 24.0. The molecule has 8 nitrogen and oxygen atoms in total. The van der Waals surface area contributed by atoms with E-state index in [9.17, 15) is 19.2 Å². The molecule has 0 bridgehead atoms. The highest BCUT2D eigenvalue weighted by Gasteiger charge is 2.20. The van der Waals surface area contributed by atoms with Crippen molar-refractivity contribution in [2.75, 3.05) is 26.7 Å². The predicted molar refractivity (Wildman–Crippen MR) is 126 cm³/mol. The van der Waals surface area contributed by atoms with Crippen LogP contribution in [0.2, 0.25) is 0 Å². The third-order valence-corrected chi connectivity index (χ3v) is 4.95. The molecule has 2 amide bonds. The number of carbonyl (C=O) groups excluding carboxylic acids is 4. The maximum absolute atomic E-state index is 12.5. The fraction of sp³-hybridized carbons (Fsp3) is 0.750. The Morgan fingerprint density at radius 3 is 2.16 bits per heavy atom. The van der Waals surface area contributed by atoms with Gasteiger partial charge >= 0.3 is 5.97 Å². The Kier molecular flexibility index (Phi) is 19.2. The van der Waals surface area contributed by atoms with E-state index in [4.69, 9.17) is 4.74 Å². The molecular weight excluding hydrogens is 410 g/mol. The number of hydrogen-bond acceptors (Lipinski definition) is 6. The van der Waals surface area contributed by atoms with E-state index >= 15 is 0 Å². The van der Waals surface area contributed by atoms with Gasteiger partial charge in [-0.25, -0.2) is 4.79 Å². The monoisotopic (exact) mass is 453 g/mol. The number of esters is 1. The van der Waals surface area contributed by atoms with Gasteiger partial charge in [0.1, 0.15) is 18.4 Å². The summed E-state index contributed by atoms with van der Waals surface area (Å²) in [5.41, 5.74) is 0. The van der Waals surface area contributed by atoms with Crippen LogP contribution < -0.4 is 16.0 Å². The fourth-order valence-corrected chi connectivity index (χ4v) is 3.19. The Balaban J connectivity index is 4.24. The highest BCUT2D eigenvalue weighted by atomic mass is 16.5. The number of ketones is 1. The molecule has 0 aliphatic carbocycles. The van der Waals surface area contributed by atoms with Gasteiger partial charge in [-0.05, 0) is 59.5 Å². The number of carbonyl (C=O) groups is 4. The van der Waals surface area contributed by atoms with Crippen LogP contribution in [0.5, 0.6) is 0 Å². The Morgan fingerprint density at radius 1 is 0.875 bits per heavy atom. The molecule has 0 aromatic carbocycles. The lowest BCUT2D eigenvalue weighted by molar-refractivity contribution is -0.138. The molecule has 0 aliphatic rings. The van der Waals surface area contributed by atoms with E-state index in [0.29, 0.717) is 19.3 Å². The quantitative estimate of drug-likeness (QED) is 0.148. The van der Waals surface area contributed by atoms with Crippen LogP contribution in [0, 0.1) is 0 Å². The Hall–Kier alpha value is -2.22. The van der Waals surface area contributed by atoms with E-state index in [1.54, 1.807) is 19.9 Å². The van der Waals surface area contributed by atoms with E-state index in [-0.39, 0.29) is 30.7 Å². The van der Waals surface area contributed by atoms with E-state index < -0.39 is 12.0 Å². The average molecular weight is 454 g/mol. The van der Waals surface area contributed by atoms with Crippen molar-refractivity contribution < 1.29 is 23.9 Å². The van der Waals surface area contributed by atoms with Gasteiger partial charge in [-0.15, -0.1) is 0 Å². The first-order valence-corrected chi connectivity index (χ1v) is 11.9. The fourth-order valence-electron chi connectivity index (χ4n) is 3.19. The van der Waals surface area contributed by atoms with Crippen molar-refractivity contribution in [3.05, 3.63) is 12.2 Å². The SMILES string of the molecule is C/C=C\C(=O)OCCNC(=O)C(CCCCNC)NC(=O)CCCCCCCCC(C)=O. The van der Waals surface area contributed by atoms with Gasteiger partial charge in [-0.1, -0.05) is 31.8 Å². The standard InChI is InChI=1S/C24H43N3O5/c1-4-13-23(30)32-19-18-26-24(31)21(15-11-12-17-25-3)27-22(29)16-10-8-6-5-7-9-14-20(2)28/h4,13,21,25H,5-12,14-19H2,1-3H3,(H,26,31)(H,27,29)/b13-4-. The molecule has 0 saturated carbocycles.